The van der Waals surface area contributed by atoms with Crippen LogP contribution in [0.4, 0.5) is 13.2 Å². The lowest BCUT2D eigenvalue weighted by molar-refractivity contribution is -0.273. The highest BCUT2D eigenvalue weighted by Crippen LogP contribution is 2.51. The molecule has 2 nitrogen and oxygen atoms in total. The molecule has 104 valence electrons. The van der Waals surface area contributed by atoms with Crippen molar-refractivity contribution in [3.63, 3.8) is 0 Å². The number of rotatable bonds is 2. The quantitative estimate of drug-likeness (QED) is 0.796. The van der Waals surface area contributed by atoms with Crippen molar-refractivity contribution in [2.45, 2.75) is 17.0 Å². The first kappa shape index (κ1) is 14.8. The molecule has 1 aromatic rings. The van der Waals surface area contributed by atoms with E-state index < -0.39 is 17.0 Å². The Balaban J connectivity index is 2.62. The summed E-state index contributed by atoms with van der Waals surface area (Å²) < 4.78 is 40.5. The van der Waals surface area contributed by atoms with Gasteiger partial charge in [0.15, 0.2) is 0 Å². The summed E-state index contributed by atoms with van der Waals surface area (Å²) in [5.41, 5.74) is -2.71. The highest BCUT2D eigenvalue weighted by molar-refractivity contribution is 7.99. The van der Waals surface area contributed by atoms with Crippen molar-refractivity contribution >= 4 is 41.2 Å². The molecule has 1 aliphatic heterocycles. The second-order valence-electron chi connectivity index (χ2n) is 3.89. The summed E-state index contributed by atoms with van der Waals surface area (Å²) in [6.45, 7) is 0. The maximum Gasteiger partial charge on any atom is 0.436 e. The molecule has 2 atom stereocenters. The Morgan fingerprint density at radius 2 is 1.84 bits per heavy atom. The number of halogens is 5. The zero-order valence-corrected chi connectivity index (χ0v) is 11.9. The van der Waals surface area contributed by atoms with E-state index in [4.69, 9.17) is 28.0 Å². The molecule has 0 fully saturated rings. The Kier molecular flexibility index (Phi) is 3.95. The number of nitrogens with zero attached hydrogens (tertiary/aromatic N) is 1. The van der Waals surface area contributed by atoms with E-state index >= 15 is 0 Å². The van der Waals surface area contributed by atoms with Gasteiger partial charge in [-0.25, -0.2) is 0 Å². The molecule has 0 N–H and O–H groups in total. The predicted molar refractivity (Wildman–Crippen MR) is 71.1 cm³/mol. The van der Waals surface area contributed by atoms with Crippen molar-refractivity contribution in [2.75, 3.05) is 6.26 Å². The smallest absolute Gasteiger partial charge is 0.373 e. The third kappa shape index (κ3) is 2.41. The summed E-state index contributed by atoms with van der Waals surface area (Å²) in [7, 11) is 0. The van der Waals surface area contributed by atoms with Crippen LogP contribution in [0.5, 0.6) is 0 Å². The molecule has 0 bridgehead atoms. The van der Waals surface area contributed by atoms with Crippen LogP contribution in [-0.4, -0.2) is 23.9 Å². The SMILES string of the molecule is CSC1C=NOC1(c1cc(Cl)cc(Cl)c1)C(F)(F)F. The summed E-state index contributed by atoms with van der Waals surface area (Å²) in [5, 5.41) is 2.57. The topological polar surface area (TPSA) is 21.6 Å². The maximum absolute atomic E-state index is 13.5. The van der Waals surface area contributed by atoms with Crippen molar-refractivity contribution in [3.05, 3.63) is 33.8 Å². The van der Waals surface area contributed by atoms with Gasteiger partial charge in [0, 0.05) is 15.6 Å². The zero-order chi connectivity index (χ0) is 14.3. The lowest BCUT2D eigenvalue weighted by atomic mass is 9.90. The number of alkyl halides is 3. The summed E-state index contributed by atoms with van der Waals surface area (Å²) >= 11 is 12.5. The van der Waals surface area contributed by atoms with E-state index in [0.29, 0.717) is 0 Å². The molecule has 0 saturated carbocycles. The summed E-state index contributed by atoms with van der Waals surface area (Å²) in [6, 6.07) is 3.75. The normalized spacial score (nSPS) is 26.5. The van der Waals surface area contributed by atoms with Crippen LogP contribution in [0.25, 0.3) is 0 Å². The Labute approximate surface area is 121 Å². The molecule has 8 heteroatoms. The molecule has 0 spiro atoms. The minimum atomic E-state index is -4.65. The molecule has 1 heterocycles. The van der Waals surface area contributed by atoms with E-state index in [0.717, 1.165) is 18.0 Å². The Morgan fingerprint density at radius 3 is 2.32 bits per heavy atom. The molecule has 0 amide bonds. The fourth-order valence-corrected chi connectivity index (χ4v) is 3.26. The van der Waals surface area contributed by atoms with Crippen LogP contribution >= 0.6 is 35.0 Å². The average Bonchev–Trinajstić information content (AvgIpc) is 2.71. The Bertz CT molecular complexity index is 503. The van der Waals surface area contributed by atoms with Crippen LogP contribution in [0, 0.1) is 0 Å². The number of oxime groups is 1. The van der Waals surface area contributed by atoms with Crippen molar-refractivity contribution in [3.8, 4) is 0 Å². The number of thioether (sulfide) groups is 1. The minimum absolute atomic E-state index is 0.112. The summed E-state index contributed by atoms with van der Waals surface area (Å²) in [4.78, 5) is 4.71. The molecule has 1 aliphatic rings. The number of benzene rings is 1. The van der Waals surface area contributed by atoms with Crippen molar-refractivity contribution in [1.82, 2.24) is 0 Å². The molecule has 0 aromatic heterocycles. The van der Waals surface area contributed by atoms with Gasteiger partial charge < -0.3 is 4.84 Å². The molecule has 0 saturated heterocycles. The molecule has 2 unspecified atom stereocenters. The van der Waals surface area contributed by atoms with Gasteiger partial charge in [-0.1, -0.05) is 28.4 Å². The van der Waals surface area contributed by atoms with Gasteiger partial charge in [0.2, 0.25) is 0 Å². The first-order chi connectivity index (χ1) is 8.81. The predicted octanol–water partition coefficient (Wildman–Crippen LogP) is 4.50. The zero-order valence-electron chi connectivity index (χ0n) is 9.54. The summed E-state index contributed by atoms with van der Waals surface area (Å²) in [6.07, 6.45) is -1.96. The first-order valence-electron chi connectivity index (χ1n) is 5.09. The maximum atomic E-state index is 13.5. The van der Waals surface area contributed by atoms with Crippen LogP contribution in [0.1, 0.15) is 5.56 Å². The minimum Gasteiger partial charge on any atom is -0.373 e. The molecule has 19 heavy (non-hydrogen) atoms. The molecular weight excluding hydrogens is 322 g/mol. The van der Waals surface area contributed by atoms with Crippen LogP contribution in [0.15, 0.2) is 23.4 Å². The average molecular weight is 330 g/mol. The monoisotopic (exact) mass is 329 g/mol. The second kappa shape index (κ2) is 5.07. The molecule has 1 aromatic carbocycles. The van der Waals surface area contributed by atoms with Crippen LogP contribution < -0.4 is 0 Å². The van der Waals surface area contributed by atoms with Gasteiger partial charge in [-0.3, -0.25) is 0 Å². The second-order valence-corrected chi connectivity index (χ2v) is 5.75. The van der Waals surface area contributed by atoms with Gasteiger partial charge in [0.25, 0.3) is 5.60 Å². The van der Waals surface area contributed by atoms with Gasteiger partial charge in [0.05, 0.1) is 11.5 Å². The van der Waals surface area contributed by atoms with Gasteiger partial charge in [-0.2, -0.15) is 24.9 Å². The standard InChI is InChI=1S/C11H8Cl2F3NOS/c1-19-9-5-17-18-10(9,11(14,15)16)6-2-7(12)4-8(13)3-6/h2-5,9H,1H3. The van der Waals surface area contributed by atoms with E-state index in [-0.39, 0.29) is 15.6 Å². The van der Waals surface area contributed by atoms with E-state index in [9.17, 15) is 13.2 Å². The highest BCUT2D eigenvalue weighted by atomic mass is 35.5. The van der Waals surface area contributed by atoms with Gasteiger partial charge in [0.1, 0.15) is 0 Å². The Morgan fingerprint density at radius 1 is 1.26 bits per heavy atom. The first-order valence-corrected chi connectivity index (χ1v) is 7.13. The Hall–Kier alpha value is -0.590. The lowest BCUT2D eigenvalue weighted by Gasteiger charge is -2.33. The fraction of sp³-hybridized carbons (Fsp3) is 0.364. The van der Waals surface area contributed by atoms with E-state index in [1.165, 1.54) is 18.2 Å². The molecule has 2 rings (SSSR count). The van der Waals surface area contributed by atoms with E-state index in [1.54, 1.807) is 6.26 Å². The van der Waals surface area contributed by atoms with Gasteiger partial charge in [-0.05, 0) is 24.5 Å². The van der Waals surface area contributed by atoms with Crippen molar-refractivity contribution < 1.29 is 18.0 Å². The highest BCUT2D eigenvalue weighted by Gasteiger charge is 2.65. The van der Waals surface area contributed by atoms with Crippen LogP contribution in [-0.2, 0) is 10.4 Å². The lowest BCUT2D eigenvalue weighted by Crippen LogP contribution is -2.49. The molecular formula is C11H8Cl2F3NOS. The van der Waals surface area contributed by atoms with Gasteiger partial charge >= 0.3 is 6.18 Å². The van der Waals surface area contributed by atoms with Crippen LogP contribution in [0.3, 0.4) is 0 Å². The van der Waals surface area contributed by atoms with E-state index in [1.807, 2.05) is 0 Å². The van der Waals surface area contributed by atoms with Gasteiger partial charge in [-0.15, -0.1) is 0 Å². The fourth-order valence-electron chi connectivity index (χ4n) is 1.91. The third-order valence-corrected chi connectivity index (χ3v) is 4.16. The number of hydrogen-bond acceptors (Lipinski definition) is 3. The van der Waals surface area contributed by atoms with Crippen molar-refractivity contribution in [2.24, 2.45) is 5.16 Å². The van der Waals surface area contributed by atoms with E-state index in [2.05, 4.69) is 5.16 Å². The molecule has 0 aliphatic carbocycles. The largest absolute Gasteiger partial charge is 0.436 e. The third-order valence-electron chi connectivity index (χ3n) is 2.76. The summed E-state index contributed by atoms with van der Waals surface area (Å²) in [5.74, 6) is 0. The van der Waals surface area contributed by atoms with Crippen LogP contribution in [0.2, 0.25) is 10.0 Å². The van der Waals surface area contributed by atoms with Crippen molar-refractivity contribution in [1.29, 1.82) is 0 Å². The molecule has 0 radical (unpaired) electrons. The number of hydrogen-bond donors (Lipinski definition) is 0.